The summed E-state index contributed by atoms with van der Waals surface area (Å²) >= 11 is 0. The van der Waals surface area contributed by atoms with E-state index in [0.717, 1.165) is 0 Å². The maximum Gasteiger partial charge on any atom is 0.265 e. The van der Waals surface area contributed by atoms with E-state index < -0.39 is 10.0 Å². The Balaban J connectivity index is 2.39. The fourth-order valence-corrected chi connectivity index (χ4v) is 3.33. The third kappa shape index (κ3) is 4.11. The highest BCUT2D eigenvalue weighted by Crippen LogP contribution is 2.32. The van der Waals surface area contributed by atoms with E-state index in [-0.39, 0.29) is 16.7 Å². The first-order chi connectivity index (χ1) is 11.4. The minimum absolute atomic E-state index is 0.0187. The van der Waals surface area contributed by atoms with Gasteiger partial charge >= 0.3 is 0 Å². The number of ether oxygens (including phenoxy) is 3. The number of hydrogen-bond donors (Lipinski definition) is 1. The van der Waals surface area contributed by atoms with E-state index in [1.165, 1.54) is 26.4 Å². The van der Waals surface area contributed by atoms with Crippen molar-refractivity contribution in [3.05, 3.63) is 42.5 Å². The van der Waals surface area contributed by atoms with Gasteiger partial charge in [-0.25, -0.2) is 8.42 Å². The Bertz CT molecular complexity index is 802. The average Bonchev–Trinajstić information content (AvgIpc) is 2.55. The van der Waals surface area contributed by atoms with E-state index in [1.807, 2.05) is 13.8 Å². The summed E-state index contributed by atoms with van der Waals surface area (Å²) in [6, 6.07) is 11.4. The summed E-state index contributed by atoms with van der Waals surface area (Å²) < 4.78 is 43.9. The van der Waals surface area contributed by atoms with Crippen molar-refractivity contribution in [2.45, 2.75) is 24.8 Å². The quantitative estimate of drug-likeness (QED) is 0.828. The largest absolute Gasteiger partial charge is 0.497 e. The van der Waals surface area contributed by atoms with E-state index in [1.54, 1.807) is 30.3 Å². The van der Waals surface area contributed by atoms with Gasteiger partial charge in [0.15, 0.2) is 0 Å². The van der Waals surface area contributed by atoms with Crippen LogP contribution in [0.3, 0.4) is 0 Å². The van der Waals surface area contributed by atoms with Gasteiger partial charge in [-0.3, -0.25) is 4.72 Å². The molecule has 0 aliphatic heterocycles. The number of rotatable bonds is 7. The Hall–Kier alpha value is -2.41. The topological polar surface area (TPSA) is 73.9 Å². The summed E-state index contributed by atoms with van der Waals surface area (Å²) in [5.41, 5.74) is 0.365. The van der Waals surface area contributed by atoms with Gasteiger partial charge in [-0.2, -0.15) is 0 Å². The van der Waals surface area contributed by atoms with Crippen LogP contribution in [-0.2, 0) is 10.0 Å². The smallest absolute Gasteiger partial charge is 0.265 e. The molecule has 2 aromatic rings. The Kier molecular flexibility index (Phi) is 5.56. The van der Waals surface area contributed by atoms with E-state index in [9.17, 15) is 8.42 Å². The summed E-state index contributed by atoms with van der Waals surface area (Å²) in [7, 11) is -0.943. The van der Waals surface area contributed by atoms with Crippen molar-refractivity contribution >= 4 is 15.7 Å². The predicted octanol–water partition coefficient (Wildman–Crippen LogP) is 3.29. The zero-order chi connectivity index (χ0) is 17.7. The van der Waals surface area contributed by atoms with Gasteiger partial charge in [-0.15, -0.1) is 0 Å². The molecule has 0 radical (unpaired) electrons. The molecule has 2 rings (SSSR count). The second kappa shape index (κ2) is 7.44. The van der Waals surface area contributed by atoms with Crippen molar-refractivity contribution in [1.82, 2.24) is 0 Å². The highest BCUT2D eigenvalue weighted by molar-refractivity contribution is 7.92. The van der Waals surface area contributed by atoms with Gasteiger partial charge in [0.25, 0.3) is 10.0 Å². The molecule has 0 saturated heterocycles. The zero-order valence-corrected chi connectivity index (χ0v) is 14.9. The van der Waals surface area contributed by atoms with Gasteiger partial charge in [0.1, 0.15) is 22.1 Å². The molecule has 0 saturated carbocycles. The highest BCUT2D eigenvalue weighted by atomic mass is 32.2. The molecule has 0 bridgehead atoms. The maximum absolute atomic E-state index is 12.7. The summed E-state index contributed by atoms with van der Waals surface area (Å²) in [6.45, 7) is 3.75. The SMILES string of the molecule is COc1ccc(S(=O)(=O)Nc2ccccc2OC(C)C)c(OC)c1. The van der Waals surface area contributed by atoms with Gasteiger partial charge < -0.3 is 14.2 Å². The number of sulfonamides is 1. The minimum Gasteiger partial charge on any atom is -0.497 e. The third-order valence-corrected chi connectivity index (χ3v) is 4.56. The number of nitrogens with one attached hydrogen (secondary N) is 1. The van der Waals surface area contributed by atoms with E-state index in [0.29, 0.717) is 17.2 Å². The molecule has 7 heteroatoms. The molecular formula is C17H21NO5S. The zero-order valence-electron chi connectivity index (χ0n) is 14.1. The maximum atomic E-state index is 12.7. The van der Waals surface area contributed by atoms with Crippen molar-refractivity contribution in [1.29, 1.82) is 0 Å². The molecule has 2 aromatic carbocycles. The molecular weight excluding hydrogens is 330 g/mol. The molecule has 0 unspecified atom stereocenters. The first-order valence-electron chi connectivity index (χ1n) is 7.38. The standard InChI is InChI=1S/C17H21NO5S/c1-12(2)23-15-8-6-5-7-14(15)18-24(19,20)17-10-9-13(21-3)11-16(17)22-4/h5-12,18H,1-4H3. The first-order valence-corrected chi connectivity index (χ1v) is 8.86. The average molecular weight is 351 g/mol. The Morgan fingerprint density at radius 3 is 2.29 bits per heavy atom. The van der Waals surface area contributed by atoms with Crippen molar-refractivity contribution in [3.8, 4) is 17.2 Å². The molecule has 0 spiro atoms. The van der Waals surface area contributed by atoms with Crippen LogP contribution in [0.15, 0.2) is 47.4 Å². The fourth-order valence-electron chi connectivity index (χ4n) is 2.10. The number of para-hydroxylation sites is 2. The Morgan fingerprint density at radius 1 is 0.958 bits per heavy atom. The third-order valence-electron chi connectivity index (χ3n) is 3.15. The van der Waals surface area contributed by atoms with Crippen LogP contribution in [-0.4, -0.2) is 28.7 Å². The summed E-state index contributed by atoms with van der Waals surface area (Å²) in [6.07, 6.45) is -0.0776. The van der Waals surface area contributed by atoms with E-state index in [4.69, 9.17) is 14.2 Å². The lowest BCUT2D eigenvalue weighted by Gasteiger charge is -2.16. The van der Waals surface area contributed by atoms with Crippen molar-refractivity contribution in [2.75, 3.05) is 18.9 Å². The van der Waals surface area contributed by atoms with E-state index in [2.05, 4.69) is 4.72 Å². The van der Waals surface area contributed by atoms with Gasteiger partial charge in [0, 0.05) is 6.07 Å². The molecule has 130 valence electrons. The van der Waals surface area contributed by atoms with Gasteiger partial charge in [-0.1, -0.05) is 12.1 Å². The number of benzene rings is 2. The van der Waals surface area contributed by atoms with Crippen molar-refractivity contribution < 1.29 is 22.6 Å². The molecule has 1 N–H and O–H groups in total. The van der Waals surface area contributed by atoms with Crippen LogP contribution < -0.4 is 18.9 Å². The lowest BCUT2D eigenvalue weighted by atomic mass is 10.3. The second-order valence-electron chi connectivity index (χ2n) is 5.29. The molecule has 0 amide bonds. The van der Waals surface area contributed by atoms with Crippen LogP contribution in [0.2, 0.25) is 0 Å². The van der Waals surface area contributed by atoms with Gasteiger partial charge in [-0.05, 0) is 38.1 Å². The van der Waals surface area contributed by atoms with Crippen LogP contribution in [0.25, 0.3) is 0 Å². The summed E-state index contributed by atoms with van der Waals surface area (Å²) in [5.74, 6) is 1.17. The van der Waals surface area contributed by atoms with Crippen LogP contribution in [0, 0.1) is 0 Å². The van der Waals surface area contributed by atoms with Crippen LogP contribution in [0.5, 0.6) is 17.2 Å². The van der Waals surface area contributed by atoms with Crippen molar-refractivity contribution in [3.63, 3.8) is 0 Å². The molecule has 24 heavy (non-hydrogen) atoms. The van der Waals surface area contributed by atoms with E-state index >= 15 is 0 Å². The molecule has 0 aliphatic rings. The molecule has 6 nitrogen and oxygen atoms in total. The number of anilines is 1. The van der Waals surface area contributed by atoms with Crippen LogP contribution in [0.4, 0.5) is 5.69 Å². The first kappa shape index (κ1) is 17.9. The van der Waals surface area contributed by atoms with Gasteiger partial charge in [0.05, 0.1) is 26.0 Å². The second-order valence-corrected chi connectivity index (χ2v) is 6.94. The predicted molar refractivity (Wildman–Crippen MR) is 92.6 cm³/mol. The fraction of sp³-hybridized carbons (Fsp3) is 0.294. The summed E-state index contributed by atoms with van der Waals surface area (Å²) in [5, 5.41) is 0. The monoisotopic (exact) mass is 351 g/mol. The van der Waals surface area contributed by atoms with Crippen LogP contribution in [0.1, 0.15) is 13.8 Å². The number of methoxy groups -OCH3 is 2. The summed E-state index contributed by atoms with van der Waals surface area (Å²) in [4.78, 5) is 0.0187. The molecule has 0 fully saturated rings. The Morgan fingerprint density at radius 2 is 1.67 bits per heavy atom. The Labute approximate surface area is 142 Å². The normalized spacial score (nSPS) is 11.2. The van der Waals surface area contributed by atoms with Gasteiger partial charge in [0.2, 0.25) is 0 Å². The molecule has 0 aliphatic carbocycles. The molecule has 0 atom stereocenters. The van der Waals surface area contributed by atoms with Crippen LogP contribution >= 0.6 is 0 Å². The lowest BCUT2D eigenvalue weighted by Crippen LogP contribution is -2.16. The minimum atomic E-state index is -3.85. The highest BCUT2D eigenvalue weighted by Gasteiger charge is 2.22. The molecule has 0 aromatic heterocycles. The molecule has 0 heterocycles. The number of hydrogen-bond acceptors (Lipinski definition) is 5. The lowest BCUT2D eigenvalue weighted by molar-refractivity contribution is 0.244. The van der Waals surface area contributed by atoms with Crippen molar-refractivity contribution in [2.24, 2.45) is 0 Å².